The van der Waals surface area contributed by atoms with Crippen LogP contribution in [0.4, 0.5) is 11.4 Å². The molecule has 1 aromatic carbocycles. The van der Waals surface area contributed by atoms with E-state index in [1.807, 2.05) is 0 Å². The summed E-state index contributed by atoms with van der Waals surface area (Å²) in [6.45, 7) is 0. The quantitative estimate of drug-likeness (QED) is 0.187. The molecular formula is C12H13BrN4O6. The van der Waals surface area contributed by atoms with E-state index >= 15 is 0 Å². The monoisotopic (exact) mass is 388 g/mol. The Kier molecular flexibility index (Phi) is 6.57. The van der Waals surface area contributed by atoms with Gasteiger partial charge in [0.05, 0.1) is 23.0 Å². The zero-order chi connectivity index (χ0) is 17.6. The molecular weight excluding hydrogens is 376 g/mol. The summed E-state index contributed by atoms with van der Waals surface area (Å²) in [4.78, 5) is 32.3. The number of carbonyl (C=O) groups excluding carboxylic acids is 1. The number of esters is 1. The van der Waals surface area contributed by atoms with Crippen molar-refractivity contribution in [1.82, 2.24) is 0 Å². The van der Waals surface area contributed by atoms with Crippen LogP contribution in [0.15, 0.2) is 23.3 Å². The van der Waals surface area contributed by atoms with Crippen molar-refractivity contribution in [2.45, 2.75) is 12.3 Å². The predicted octanol–water partition coefficient (Wildman–Crippen LogP) is 1.86. The second kappa shape index (κ2) is 8.17. The molecule has 0 saturated carbocycles. The first-order valence-corrected chi connectivity index (χ1v) is 7.34. The second-order valence-corrected chi connectivity index (χ2v) is 5.09. The number of hydrogen-bond donors (Lipinski definition) is 1. The van der Waals surface area contributed by atoms with E-state index in [0.29, 0.717) is 5.33 Å². The summed E-state index contributed by atoms with van der Waals surface area (Å²) in [5.74, 6) is 3.55. The molecule has 0 bridgehead atoms. The standard InChI is InChI=1S/C12H13BrN4O6/c1-23-12(18)11(15-14)9(4-5-13)8-3-2-7(16(19)20)6-10(8)17(21)22/h2-3,6,9H,4-5,14H2,1H3. The van der Waals surface area contributed by atoms with Crippen LogP contribution in [0.25, 0.3) is 0 Å². The highest BCUT2D eigenvalue weighted by atomic mass is 79.9. The molecule has 1 atom stereocenters. The van der Waals surface area contributed by atoms with Crippen LogP contribution in [0.3, 0.4) is 0 Å². The van der Waals surface area contributed by atoms with Crippen molar-refractivity contribution in [1.29, 1.82) is 0 Å². The largest absolute Gasteiger partial charge is 0.464 e. The lowest BCUT2D eigenvalue weighted by atomic mass is 9.90. The van der Waals surface area contributed by atoms with Gasteiger partial charge in [0.1, 0.15) is 0 Å². The smallest absolute Gasteiger partial charge is 0.354 e. The van der Waals surface area contributed by atoms with Crippen LogP contribution in [0, 0.1) is 20.2 Å². The second-order valence-electron chi connectivity index (χ2n) is 4.29. The third kappa shape index (κ3) is 4.22. The van der Waals surface area contributed by atoms with Crippen molar-refractivity contribution in [2.24, 2.45) is 10.9 Å². The summed E-state index contributed by atoms with van der Waals surface area (Å²) >= 11 is 3.19. The lowest BCUT2D eigenvalue weighted by molar-refractivity contribution is -0.394. The maximum atomic E-state index is 11.8. The number of nitro benzene ring substituents is 2. The maximum absolute atomic E-state index is 11.8. The number of benzene rings is 1. The minimum Gasteiger partial charge on any atom is -0.464 e. The van der Waals surface area contributed by atoms with Crippen molar-refractivity contribution in [2.75, 3.05) is 12.4 Å². The van der Waals surface area contributed by atoms with Gasteiger partial charge in [0, 0.05) is 22.9 Å². The molecule has 1 aromatic rings. The number of ether oxygens (including phenoxy) is 1. The summed E-state index contributed by atoms with van der Waals surface area (Å²) < 4.78 is 4.57. The molecule has 0 aliphatic carbocycles. The van der Waals surface area contributed by atoms with Crippen LogP contribution in [-0.2, 0) is 9.53 Å². The Morgan fingerprint density at radius 2 is 2.04 bits per heavy atom. The number of halogens is 1. The normalized spacial score (nSPS) is 12.5. The molecule has 124 valence electrons. The fourth-order valence-electron chi connectivity index (χ4n) is 2.04. The van der Waals surface area contributed by atoms with Gasteiger partial charge < -0.3 is 10.6 Å². The molecule has 0 fully saturated rings. The van der Waals surface area contributed by atoms with Crippen molar-refractivity contribution in [3.8, 4) is 0 Å². The van der Waals surface area contributed by atoms with E-state index in [1.54, 1.807) is 0 Å². The number of nitro groups is 2. The lowest BCUT2D eigenvalue weighted by Gasteiger charge is -2.16. The minimum atomic E-state index is -0.840. The third-order valence-electron chi connectivity index (χ3n) is 3.06. The predicted molar refractivity (Wildman–Crippen MR) is 84.5 cm³/mol. The molecule has 0 spiro atoms. The minimum absolute atomic E-state index is 0.0923. The summed E-state index contributed by atoms with van der Waals surface area (Å²) in [6.07, 6.45) is 0.254. The van der Waals surface area contributed by atoms with Gasteiger partial charge in [-0.25, -0.2) is 4.79 Å². The number of alkyl halides is 1. The Morgan fingerprint density at radius 3 is 2.48 bits per heavy atom. The van der Waals surface area contributed by atoms with Gasteiger partial charge in [0.25, 0.3) is 11.4 Å². The van der Waals surface area contributed by atoms with E-state index in [9.17, 15) is 25.0 Å². The molecule has 0 amide bonds. The first kappa shape index (κ1) is 18.5. The average Bonchev–Trinajstić information content (AvgIpc) is 2.53. The SMILES string of the molecule is COC(=O)C(=NN)C(CCBr)c1ccc([N+](=O)[O-])cc1[N+](=O)[O-]. The van der Waals surface area contributed by atoms with E-state index < -0.39 is 33.1 Å². The van der Waals surface area contributed by atoms with Crippen molar-refractivity contribution in [3.05, 3.63) is 44.0 Å². The van der Waals surface area contributed by atoms with Crippen LogP contribution in [0.1, 0.15) is 17.9 Å². The van der Waals surface area contributed by atoms with Gasteiger partial charge in [0.2, 0.25) is 0 Å². The molecule has 1 rings (SSSR count). The molecule has 0 aliphatic heterocycles. The lowest BCUT2D eigenvalue weighted by Crippen LogP contribution is -2.26. The highest BCUT2D eigenvalue weighted by Gasteiger charge is 2.32. The van der Waals surface area contributed by atoms with Gasteiger partial charge in [0.15, 0.2) is 5.71 Å². The Labute approximate surface area is 138 Å². The van der Waals surface area contributed by atoms with E-state index in [-0.39, 0.29) is 17.7 Å². The first-order valence-electron chi connectivity index (χ1n) is 6.22. The Morgan fingerprint density at radius 1 is 1.39 bits per heavy atom. The number of nitrogens with two attached hydrogens (primary N) is 1. The molecule has 0 aromatic heterocycles. The fraction of sp³-hybridized carbons (Fsp3) is 0.333. The number of non-ortho nitro benzene ring substituents is 1. The van der Waals surface area contributed by atoms with Gasteiger partial charge in [-0.2, -0.15) is 5.10 Å². The third-order valence-corrected chi connectivity index (χ3v) is 3.52. The summed E-state index contributed by atoms with van der Waals surface area (Å²) in [6, 6.07) is 3.18. The molecule has 11 heteroatoms. The highest BCUT2D eigenvalue weighted by molar-refractivity contribution is 9.09. The first-order chi connectivity index (χ1) is 10.9. The van der Waals surface area contributed by atoms with Crippen LogP contribution in [0.2, 0.25) is 0 Å². The van der Waals surface area contributed by atoms with Gasteiger partial charge >= 0.3 is 5.97 Å². The van der Waals surface area contributed by atoms with Gasteiger partial charge in [-0.15, -0.1) is 0 Å². The van der Waals surface area contributed by atoms with Crippen molar-refractivity contribution in [3.63, 3.8) is 0 Å². The Hall–Kier alpha value is -2.56. The number of hydrogen-bond acceptors (Lipinski definition) is 8. The number of nitrogens with zero attached hydrogens (tertiary/aromatic N) is 3. The molecule has 0 saturated heterocycles. The fourth-order valence-corrected chi connectivity index (χ4v) is 2.49. The Bertz CT molecular complexity index is 663. The molecule has 2 N–H and O–H groups in total. The average molecular weight is 389 g/mol. The molecule has 0 aliphatic rings. The molecule has 1 unspecified atom stereocenters. The number of carbonyl (C=O) groups is 1. The molecule has 10 nitrogen and oxygen atoms in total. The summed E-state index contributed by atoms with van der Waals surface area (Å²) in [5.41, 5.74) is -1.03. The van der Waals surface area contributed by atoms with Crippen molar-refractivity contribution >= 4 is 39.0 Å². The van der Waals surface area contributed by atoms with E-state index in [4.69, 9.17) is 5.84 Å². The van der Waals surface area contributed by atoms with E-state index in [1.165, 1.54) is 6.07 Å². The Balaban J connectivity index is 3.50. The van der Waals surface area contributed by atoms with E-state index in [0.717, 1.165) is 19.2 Å². The highest BCUT2D eigenvalue weighted by Crippen LogP contribution is 2.33. The number of hydrazone groups is 1. The van der Waals surface area contributed by atoms with Crippen molar-refractivity contribution < 1.29 is 19.4 Å². The maximum Gasteiger partial charge on any atom is 0.354 e. The van der Waals surface area contributed by atoms with Gasteiger partial charge in [-0.3, -0.25) is 20.2 Å². The van der Waals surface area contributed by atoms with Crippen LogP contribution in [0.5, 0.6) is 0 Å². The van der Waals surface area contributed by atoms with Gasteiger partial charge in [-0.1, -0.05) is 15.9 Å². The number of rotatable bonds is 7. The van der Waals surface area contributed by atoms with Crippen LogP contribution >= 0.6 is 15.9 Å². The molecule has 0 heterocycles. The topological polar surface area (TPSA) is 151 Å². The van der Waals surface area contributed by atoms with Crippen LogP contribution < -0.4 is 5.84 Å². The van der Waals surface area contributed by atoms with Crippen LogP contribution in [-0.4, -0.2) is 34.0 Å². The molecule has 23 heavy (non-hydrogen) atoms. The summed E-state index contributed by atoms with van der Waals surface area (Å²) in [7, 11) is 1.13. The van der Waals surface area contributed by atoms with Gasteiger partial charge in [-0.05, 0) is 12.5 Å². The van der Waals surface area contributed by atoms with E-state index in [2.05, 4.69) is 25.8 Å². The summed E-state index contributed by atoms with van der Waals surface area (Å²) in [5, 5.41) is 25.8. The zero-order valence-corrected chi connectivity index (χ0v) is 13.6. The molecule has 0 radical (unpaired) electrons. The number of methoxy groups -OCH3 is 1. The zero-order valence-electron chi connectivity index (χ0n) is 12.0.